The average Bonchev–Trinajstić information content (AvgIpc) is 2.74. The molecule has 30 heavy (non-hydrogen) atoms. The van der Waals surface area contributed by atoms with Crippen molar-refractivity contribution in [1.82, 2.24) is 0 Å². The highest BCUT2D eigenvalue weighted by Gasteiger charge is 2.12. The smallest absolute Gasteiger partial charge is 0.328 e. The van der Waals surface area contributed by atoms with E-state index < -0.39 is 5.97 Å². The molecule has 2 aromatic rings. The van der Waals surface area contributed by atoms with Crippen LogP contribution in [0.2, 0.25) is 0 Å². The molecule has 0 saturated carbocycles. The van der Waals surface area contributed by atoms with Crippen molar-refractivity contribution in [2.45, 2.75) is 65.3 Å². The molecule has 0 aliphatic heterocycles. The number of nitrogens with zero attached hydrogens (tertiary/aromatic N) is 1. The fourth-order valence-electron chi connectivity index (χ4n) is 3.42. The summed E-state index contributed by atoms with van der Waals surface area (Å²) in [7, 11) is 0. The third-order valence-electron chi connectivity index (χ3n) is 5.19. The van der Waals surface area contributed by atoms with Crippen molar-refractivity contribution in [3.63, 3.8) is 0 Å². The van der Waals surface area contributed by atoms with Gasteiger partial charge in [0, 0.05) is 18.7 Å². The van der Waals surface area contributed by atoms with E-state index in [1.165, 1.54) is 50.2 Å². The van der Waals surface area contributed by atoms with Crippen LogP contribution < -0.4 is 4.90 Å². The van der Waals surface area contributed by atoms with E-state index in [0.717, 1.165) is 29.3 Å². The van der Waals surface area contributed by atoms with Gasteiger partial charge in [-0.15, -0.1) is 0 Å². The standard InChI is InChI=1S/C26H33NO3/c1-3-4-5-6-7-8-9-22-10-12-24(13-11-22)20-27(21(2)28)25-17-14-23(15-18-25)16-19-26(29)30/h10-19H,3-9,20H2,1-2H3,(H,29,30)/b19-16+. The molecule has 1 amide bonds. The Hall–Kier alpha value is -2.88. The molecule has 160 valence electrons. The Morgan fingerprint density at radius 3 is 2.07 bits per heavy atom. The first-order valence-electron chi connectivity index (χ1n) is 10.9. The quantitative estimate of drug-likeness (QED) is 0.335. The van der Waals surface area contributed by atoms with Gasteiger partial charge in [0.15, 0.2) is 0 Å². The predicted octanol–water partition coefficient (Wildman–Crippen LogP) is 6.24. The molecule has 0 heterocycles. The molecule has 0 aliphatic rings. The maximum Gasteiger partial charge on any atom is 0.328 e. The number of rotatable bonds is 12. The van der Waals surface area contributed by atoms with Gasteiger partial charge < -0.3 is 10.0 Å². The molecule has 4 heteroatoms. The molecular formula is C26H33NO3. The molecule has 0 unspecified atom stereocenters. The molecule has 0 fully saturated rings. The van der Waals surface area contributed by atoms with E-state index in [9.17, 15) is 9.59 Å². The van der Waals surface area contributed by atoms with Crippen molar-refractivity contribution in [1.29, 1.82) is 0 Å². The molecule has 2 rings (SSSR count). The van der Waals surface area contributed by atoms with E-state index in [-0.39, 0.29) is 5.91 Å². The number of carboxylic acids is 1. The number of benzene rings is 2. The van der Waals surface area contributed by atoms with Gasteiger partial charge in [-0.05, 0) is 47.7 Å². The lowest BCUT2D eigenvalue weighted by Gasteiger charge is -2.21. The van der Waals surface area contributed by atoms with E-state index in [1.54, 1.807) is 11.8 Å². The number of aliphatic carboxylic acids is 1. The van der Waals surface area contributed by atoms with E-state index in [4.69, 9.17) is 5.11 Å². The summed E-state index contributed by atoms with van der Waals surface area (Å²) in [6.07, 6.45) is 11.5. The second kappa shape index (κ2) is 12.6. The molecule has 0 bridgehead atoms. The summed E-state index contributed by atoms with van der Waals surface area (Å²) in [4.78, 5) is 24.6. The lowest BCUT2D eigenvalue weighted by molar-refractivity contribution is -0.131. The molecule has 0 radical (unpaired) electrons. The van der Waals surface area contributed by atoms with Gasteiger partial charge in [-0.25, -0.2) is 4.79 Å². The Bertz CT molecular complexity index is 822. The summed E-state index contributed by atoms with van der Waals surface area (Å²) in [5.74, 6) is -1.01. The van der Waals surface area contributed by atoms with Crippen molar-refractivity contribution < 1.29 is 14.7 Å². The first-order chi connectivity index (χ1) is 14.5. The van der Waals surface area contributed by atoms with Gasteiger partial charge in [-0.2, -0.15) is 0 Å². The molecular weight excluding hydrogens is 374 g/mol. The van der Waals surface area contributed by atoms with Crippen molar-refractivity contribution in [3.8, 4) is 0 Å². The molecule has 4 nitrogen and oxygen atoms in total. The third kappa shape index (κ3) is 8.24. The molecule has 0 saturated heterocycles. The van der Waals surface area contributed by atoms with Crippen LogP contribution in [-0.4, -0.2) is 17.0 Å². The normalized spacial score (nSPS) is 11.0. The Labute approximate surface area is 180 Å². The zero-order valence-electron chi connectivity index (χ0n) is 18.1. The largest absolute Gasteiger partial charge is 0.478 e. The highest BCUT2D eigenvalue weighted by Crippen LogP contribution is 2.20. The fraction of sp³-hybridized carbons (Fsp3) is 0.385. The Morgan fingerprint density at radius 1 is 0.867 bits per heavy atom. The van der Waals surface area contributed by atoms with Crippen molar-refractivity contribution in [2.24, 2.45) is 0 Å². The second-order valence-corrected chi connectivity index (χ2v) is 7.70. The number of carbonyl (C=O) groups is 2. The third-order valence-corrected chi connectivity index (χ3v) is 5.19. The summed E-state index contributed by atoms with van der Waals surface area (Å²) in [6, 6.07) is 15.9. The molecule has 0 atom stereocenters. The number of hydrogen-bond acceptors (Lipinski definition) is 2. The van der Waals surface area contributed by atoms with Crippen LogP contribution >= 0.6 is 0 Å². The SMILES string of the molecule is CCCCCCCCc1ccc(CN(C(C)=O)c2ccc(/C=C/C(=O)O)cc2)cc1. The Balaban J connectivity index is 1.93. The number of carbonyl (C=O) groups excluding carboxylic acids is 1. The number of aryl methyl sites for hydroxylation is 1. The topological polar surface area (TPSA) is 57.6 Å². The van der Waals surface area contributed by atoms with Gasteiger partial charge in [-0.1, -0.05) is 75.4 Å². The van der Waals surface area contributed by atoms with Gasteiger partial charge in [0.1, 0.15) is 0 Å². The van der Waals surface area contributed by atoms with Crippen molar-refractivity contribution in [2.75, 3.05) is 4.90 Å². The van der Waals surface area contributed by atoms with E-state index in [0.29, 0.717) is 6.54 Å². The van der Waals surface area contributed by atoms with Crippen LogP contribution in [0.5, 0.6) is 0 Å². The number of carboxylic acid groups (broad SMARTS) is 1. The number of anilines is 1. The Kier molecular flexibility index (Phi) is 9.85. The second-order valence-electron chi connectivity index (χ2n) is 7.70. The first-order valence-corrected chi connectivity index (χ1v) is 10.9. The minimum atomic E-state index is -0.982. The van der Waals surface area contributed by atoms with Gasteiger partial charge in [0.2, 0.25) is 5.91 Å². The van der Waals surface area contributed by atoms with E-state index >= 15 is 0 Å². The molecule has 2 aromatic carbocycles. The van der Waals surface area contributed by atoms with Crippen LogP contribution in [0.3, 0.4) is 0 Å². The van der Waals surface area contributed by atoms with Crippen LogP contribution in [0.15, 0.2) is 54.6 Å². The highest BCUT2D eigenvalue weighted by molar-refractivity contribution is 5.91. The maximum atomic E-state index is 12.2. The summed E-state index contributed by atoms with van der Waals surface area (Å²) in [6.45, 7) is 4.31. The zero-order valence-corrected chi connectivity index (χ0v) is 18.1. The molecule has 0 aromatic heterocycles. The zero-order chi connectivity index (χ0) is 21.8. The van der Waals surface area contributed by atoms with Crippen LogP contribution in [-0.2, 0) is 22.6 Å². The Morgan fingerprint density at radius 2 is 1.47 bits per heavy atom. The van der Waals surface area contributed by atoms with Gasteiger partial charge in [-0.3, -0.25) is 4.79 Å². The van der Waals surface area contributed by atoms with Crippen molar-refractivity contribution >= 4 is 23.6 Å². The molecule has 0 aliphatic carbocycles. The minimum absolute atomic E-state index is 0.0278. The predicted molar refractivity (Wildman–Crippen MR) is 123 cm³/mol. The highest BCUT2D eigenvalue weighted by atomic mass is 16.4. The van der Waals surface area contributed by atoms with Crippen LogP contribution in [0.1, 0.15) is 69.1 Å². The minimum Gasteiger partial charge on any atom is -0.478 e. The lowest BCUT2D eigenvalue weighted by atomic mass is 10.0. The fourth-order valence-corrected chi connectivity index (χ4v) is 3.42. The summed E-state index contributed by atoms with van der Waals surface area (Å²) in [5.41, 5.74) is 4.01. The number of hydrogen-bond donors (Lipinski definition) is 1. The van der Waals surface area contributed by atoms with Gasteiger partial charge >= 0.3 is 5.97 Å². The summed E-state index contributed by atoms with van der Waals surface area (Å²) in [5, 5.41) is 8.73. The van der Waals surface area contributed by atoms with E-state index in [1.807, 2.05) is 24.3 Å². The van der Waals surface area contributed by atoms with Gasteiger partial charge in [0.25, 0.3) is 0 Å². The lowest BCUT2D eigenvalue weighted by Crippen LogP contribution is -2.27. The summed E-state index contributed by atoms with van der Waals surface area (Å²) >= 11 is 0. The monoisotopic (exact) mass is 407 g/mol. The molecule has 0 spiro atoms. The maximum absolute atomic E-state index is 12.2. The van der Waals surface area contributed by atoms with Crippen LogP contribution in [0, 0.1) is 0 Å². The average molecular weight is 408 g/mol. The van der Waals surface area contributed by atoms with Crippen LogP contribution in [0.4, 0.5) is 5.69 Å². The number of unbranched alkanes of at least 4 members (excludes halogenated alkanes) is 5. The molecule has 1 N–H and O–H groups in total. The van der Waals surface area contributed by atoms with Gasteiger partial charge in [0.05, 0.1) is 6.54 Å². The van der Waals surface area contributed by atoms with E-state index in [2.05, 4.69) is 31.2 Å². The number of amides is 1. The summed E-state index contributed by atoms with van der Waals surface area (Å²) < 4.78 is 0. The van der Waals surface area contributed by atoms with Crippen molar-refractivity contribution in [3.05, 3.63) is 71.3 Å². The van der Waals surface area contributed by atoms with Crippen LogP contribution in [0.25, 0.3) is 6.08 Å². The first kappa shape index (κ1) is 23.4.